The maximum absolute atomic E-state index is 13.0. The van der Waals surface area contributed by atoms with E-state index in [9.17, 15) is 4.79 Å². The van der Waals surface area contributed by atoms with Gasteiger partial charge in [0.05, 0.1) is 5.69 Å². The van der Waals surface area contributed by atoms with Crippen LogP contribution in [0.3, 0.4) is 0 Å². The number of hydrogen-bond donors (Lipinski definition) is 0. The second-order valence-electron chi connectivity index (χ2n) is 7.01. The molecule has 5 rings (SSSR count). The highest BCUT2D eigenvalue weighted by atomic mass is 16.2. The highest BCUT2D eigenvalue weighted by Gasteiger charge is 2.26. The van der Waals surface area contributed by atoms with Crippen LogP contribution in [0.5, 0.6) is 0 Å². The first-order chi connectivity index (χ1) is 13.7. The maximum atomic E-state index is 13.0. The molecule has 0 radical (unpaired) electrons. The molecule has 0 N–H and O–H groups in total. The zero-order chi connectivity index (χ0) is 19.1. The number of nitrogens with zero attached hydrogens (tertiary/aromatic N) is 6. The Hall–Kier alpha value is -3.48. The van der Waals surface area contributed by atoms with Crippen LogP contribution in [0.25, 0.3) is 17.0 Å². The molecular formula is C21H20N6O. The number of aromatic nitrogens is 5. The van der Waals surface area contributed by atoms with E-state index >= 15 is 0 Å². The normalized spacial score (nSPS) is 14.1. The quantitative estimate of drug-likeness (QED) is 0.542. The molecule has 0 aliphatic carbocycles. The number of imidazole rings is 1. The average molecular weight is 372 g/mol. The third-order valence-corrected chi connectivity index (χ3v) is 5.31. The van der Waals surface area contributed by atoms with Gasteiger partial charge in [0, 0.05) is 62.0 Å². The maximum Gasteiger partial charge on any atom is 0.274 e. The molecule has 0 unspecified atom stereocenters. The van der Waals surface area contributed by atoms with E-state index in [1.54, 1.807) is 16.8 Å². The van der Waals surface area contributed by atoms with Crippen molar-refractivity contribution in [3.8, 4) is 11.3 Å². The van der Waals surface area contributed by atoms with Crippen molar-refractivity contribution in [2.45, 2.75) is 12.8 Å². The lowest BCUT2D eigenvalue weighted by atomic mass is 10.0. The Kier molecular flexibility index (Phi) is 3.93. The van der Waals surface area contributed by atoms with E-state index in [2.05, 4.69) is 22.1 Å². The van der Waals surface area contributed by atoms with Gasteiger partial charge >= 0.3 is 0 Å². The predicted molar refractivity (Wildman–Crippen MR) is 105 cm³/mol. The van der Waals surface area contributed by atoms with Crippen molar-refractivity contribution >= 4 is 11.7 Å². The van der Waals surface area contributed by atoms with Gasteiger partial charge in [-0.1, -0.05) is 30.3 Å². The summed E-state index contributed by atoms with van der Waals surface area (Å²) in [5.74, 6) is 0.493. The molecule has 1 aromatic carbocycles. The van der Waals surface area contributed by atoms with Crippen molar-refractivity contribution in [2.75, 3.05) is 13.1 Å². The zero-order valence-corrected chi connectivity index (χ0v) is 15.6. The number of hydrogen-bond acceptors (Lipinski definition) is 4. The molecule has 0 bridgehead atoms. The summed E-state index contributed by atoms with van der Waals surface area (Å²) in [5.41, 5.74) is 5.01. The molecule has 28 heavy (non-hydrogen) atoms. The molecule has 1 aliphatic rings. The summed E-state index contributed by atoms with van der Waals surface area (Å²) < 4.78 is 3.73. The molecule has 0 atom stereocenters. The number of carbonyl (C=O) groups excluding carboxylic acids is 1. The first-order valence-corrected chi connectivity index (χ1v) is 9.40. The fourth-order valence-electron chi connectivity index (χ4n) is 3.90. The molecule has 0 saturated carbocycles. The average Bonchev–Trinajstić information content (AvgIpc) is 3.21. The summed E-state index contributed by atoms with van der Waals surface area (Å²) in [7, 11) is 1.98. The summed E-state index contributed by atoms with van der Waals surface area (Å²) in [6, 6.07) is 12.1. The van der Waals surface area contributed by atoms with Crippen LogP contribution in [0, 0.1) is 0 Å². The summed E-state index contributed by atoms with van der Waals surface area (Å²) >= 11 is 0. The molecule has 0 saturated heterocycles. The van der Waals surface area contributed by atoms with Gasteiger partial charge in [-0.05, 0) is 12.5 Å². The Morgan fingerprint density at radius 3 is 2.71 bits per heavy atom. The van der Waals surface area contributed by atoms with Crippen LogP contribution in [0.4, 0.5) is 0 Å². The molecule has 4 heterocycles. The number of rotatable bonds is 2. The summed E-state index contributed by atoms with van der Waals surface area (Å²) in [5, 5.41) is 4.75. The van der Waals surface area contributed by atoms with Gasteiger partial charge in [-0.25, -0.2) is 9.97 Å². The van der Waals surface area contributed by atoms with Gasteiger partial charge < -0.3 is 4.90 Å². The van der Waals surface area contributed by atoms with Crippen LogP contribution in [0.15, 0.2) is 55.0 Å². The van der Waals surface area contributed by atoms with Crippen molar-refractivity contribution < 1.29 is 4.79 Å². The molecule has 4 aromatic rings. The highest BCUT2D eigenvalue weighted by Crippen LogP contribution is 2.28. The van der Waals surface area contributed by atoms with Crippen LogP contribution in [0.1, 0.15) is 21.7 Å². The lowest BCUT2D eigenvalue weighted by molar-refractivity contribution is 0.0757. The Balaban J connectivity index is 1.43. The minimum Gasteiger partial charge on any atom is -0.337 e. The topological polar surface area (TPSA) is 68.3 Å². The predicted octanol–water partition coefficient (Wildman–Crippen LogP) is 2.37. The van der Waals surface area contributed by atoms with E-state index in [0.717, 1.165) is 24.1 Å². The number of carbonyl (C=O) groups is 1. The SMILES string of the molecule is Cn1nc(-c2ccccc2)c2c1CCN(C(=O)c1cn3cccnc3n1)CC2. The lowest BCUT2D eigenvalue weighted by Crippen LogP contribution is -2.33. The van der Waals surface area contributed by atoms with E-state index in [0.29, 0.717) is 24.6 Å². The number of aryl methyl sites for hydroxylation is 1. The molecule has 0 spiro atoms. The number of amides is 1. The molecule has 1 aliphatic heterocycles. The van der Waals surface area contributed by atoms with Crippen molar-refractivity contribution in [3.63, 3.8) is 0 Å². The van der Waals surface area contributed by atoms with E-state index in [4.69, 9.17) is 5.10 Å². The minimum absolute atomic E-state index is 0.0486. The minimum atomic E-state index is -0.0486. The van der Waals surface area contributed by atoms with Crippen LogP contribution in [0.2, 0.25) is 0 Å². The fraction of sp³-hybridized carbons (Fsp3) is 0.238. The van der Waals surface area contributed by atoms with Gasteiger partial charge in [-0.3, -0.25) is 13.9 Å². The van der Waals surface area contributed by atoms with Crippen molar-refractivity contribution in [3.05, 3.63) is 71.9 Å². The van der Waals surface area contributed by atoms with Crippen LogP contribution < -0.4 is 0 Å². The molecular weight excluding hydrogens is 352 g/mol. The van der Waals surface area contributed by atoms with E-state index in [-0.39, 0.29) is 5.91 Å². The Bertz CT molecular complexity index is 1130. The molecule has 7 heteroatoms. The first-order valence-electron chi connectivity index (χ1n) is 9.40. The van der Waals surface area contributed by atoms with Crippen molar-refractivity contribution in [1.29, 1.82) is 0 Å². The number of fused-ring (bicyclic) bond motifs is 2. The summed E-state index contributed by atoms with van der Waals surface area (Å²) in [4.78, 5) is 23.5. The van der Waals surface area contributed by atoms with Gasteiger partial charge in [-0.2, -0.15) is 5.10 Å². The third kappa shape index (κ3) is 2.76. The van der Waals surface area contributed by atoms with E-state index in [1.807, 2.05) is 47.1 Å². The molecule has 3 aromatic heterocycles. The highest BCUT2D eigenvalue weighted by molar-refractivity contribution is 5.92. The molecule has 0 fully saturated rings. The first kappa shape index (κ1) is 16.7. The Morgan fingerprint density at radius 2 is 1.89 bits per heavy atom. The molecule has 1 amide bonds. The van der Waals surface area contributed by atoms with Crippen LogP contribution in [-0.4, -0.2) is 48.0 Å². The lowest BCUT2D eigenvalue weighted by Gasteiger charge is -2.19. The van der Waals surface area contributed by atoms with Gasteiger partial charge in [0.2, 0.25) is 5.78 Å². The molecule has 7 nitrogen and oxygen atoms in total. The monoisotopic (exact) mass is 372 g/mol. The largest absolute Gasteiger partial charge is 0.337 e. The third-order valence-electron chi connectivity index (χ3n) is 5.31. The Labute approximate surface area is 162 Å². The van der Waals surface area contributed by atoms with E-state index < -0.39 is 0 Å². The van der Waals surface area contributed by atoms with Crippen LogP contribution in [-0.2, 0) is 19.9 Å². The van der Waals surface area contributed by atoms with Crippen molar-refractivity contribution in [2.24, 2.45) is 7.05 Å². The smallest absolute Gasteiger partial charge is 0.274 e. The summed E-state index contributed by atoms with van der Waals surface area (Å²) in [6.45, 7) is 1.31. The summed E-state index contributed by atoms with van der Waals surface area (Å²) in [6.07, 6.45) is 6.84. The standard InChI is InChI=1S/C21H20N6O/c1-25-18-9-13-26(20(28)17-14-27-11-5-10-22-21(27)23-17)12-8-16(18)19(24-25)15-6-3-2-4-7-15/h2-7,10-11,14H,8-9,12-13H2,1H3. The van der Waals surface area contributed by atoms with Gasteiger partial charge in [-0.15, -0.1) is 0 Å². The van der Waals surface area contributed by atoms with Crippen LogP contribution >= 0.6 is 0 Å². The second-order valence-corrected chi connectivity index (χ2v) is 7.01. The zero-order valence-electron chi connectivity index (χ0n) is 15.6. The fourth-order valence-corrected chi connectivity index (χ4v) is 3.90. The van der Waals surface area contributed by atoms with Gasteiger partial charge in [0.15, 0.2) is 0 Å². The number of benzene rings is 1. The van der Waals surface area contributed by atoms with Crippen molar-refractivity contribution in [1.82, 2.24) is 29.0 Å². The Morgan fingerprint density at radius 1 is 1.07 bits per heavy atom. The van der Waals surface area contributed by atoms with E-state index in [1.165, 1.54) is 11.3 Å². The van der Waals surface area contributed by atoms with Gasteiger partial charge in [0.1, 0.15) is 5.69 Å². The molecule has 140 valence electrons. The van der Waals surface area contributed by atoms with Gasteiger partial charge in [0.25, 0.3) is 5.91 Å². The second kappa shape index (κ2) is 6.60.